The first-order valence-electron chi connectivity index (χ1n) is 6.14. The highest BCUT2D eigenvalue weighted by molar-refractivity contribution is 7.99. The Balaban J connectivity index is 2.19. The minimum Gasteiger partial charge on any atom is -0.343 e. The van der Waals surface area contributed by atoms with Gasteiger partial charge < -0.3 is 4.90 Å². The molecule has 1 atom stereocenters. The Kier molecular flexibility index (Phi) is 4.06. The summed E-state index contributed by atoms with van der Waals surface area (Å²) in [6, 6.07) is 1.44. The van der Waals surface area contributed by atoms with Gasteiger partial charge >= 0.3 is 0 Å². The monoisotopic (exact) mass is 267 g/mol. The van der Waals surface area contributed by atoms with Gasteiger partial charge in [0.2, 0.25) is 5.91 Å². The van der Waals surface area contributed by atoms with E-state index >= 15 is 0 Å². The quantitative estimate of drug-likeness (QED) is 0.761. The summed E-state index contributed by atoms with van der Waals surface area (Å²) >= 11 is 1.48. The summed E-state index contributed by atoms with van der Waals surface area (Å²) in [5.41, 5.74) is -0.0791. The van der Waals surface area contributed by atoms with Crippen LogP contribution in [0.4, 0.5) is 0 Å². The second-order valence-corrected chi connectivity index (χ2v) is 5.18. The van der Waals surface area contributed by atoms with Crippen LogP contribution in [0.25, 0.3) is 0 Å². The fourth-order valence-corrected chi connectivity index (χ4v) is 3.15. The van der Waals surface area contributed by atoms with Gasteiger partial charge in [-0.1, -0.05) is 11.8 Å². The van der Waals surface area contributed by atoms with E-state index in [1.807, 2.05) is 18.7 Å². The van der Waals surface area contributed by atoms with Crippen molar-refractivity contribution in [3.05, 3.63) is 22.6 Å². The van der Waals surface area contributed by atoms with Gasteiger partial charge in [0.1, 0.15) is 0 Å². The van der Waals surface area contributed by atoms with Gasteiger partial charge in [-0.2, -0.15) is 0 Å². The molecular weight excluding hydrogens is 250 g/mol. The lowest BCUT2D eigenvalue weighted by Crippen LogP contribution is -2.42. The number of rotatable bonds is 3. The van der Waals surface area contributed by atoms with Crippen LogP contribution in [-0.2, 0) is 11.3 Å². The lowest BCUT2D eigenvalue weighted by molar-refractivity contribution is -0.135. The van der Waals surface area contributed by atoms with E-state index in [9.17, 15) is 9.59 Å². The van der Waals surface area contributed by atoms with Crippen LogP contribution in [-0.4, -0.2) is 39.2 Å². The highest BCUT2D eigenvalue weighted by Gasteiger charge is 2.28. The van der Waals surface area contributed by atoms with Crippen LogP contribution in [0.15, 0.2) is 22.2 Å². The third kappa shape index (κ3) is 2.43. The molecule has 0 saturated heterocycles. The summed E-state index contributed by atoms with van der Waals surface area (Å²) in [5.74, 6) is 0.712. The van der Waals surface area contributed by atoms with E-state index in [0.29, 0.717) is 30.5 Å². The molecule has 1 aromatic heterocycles. The minimum atomic E-state index is -0.121. The zero-order valence-electron chi connectivity index (χ0n) is 10.6. The molecule has 98 valence electrons. The van der Waals surface area contributed by atoms with Crippen LogP contribution < -0.4 is 5.56 Å². The molecule has 0 spiro atoms. The van der Waals surface area contributed by atoms with E-state index < -0.39 is 0 Å². The molecule has 2 heterocycles. The second-order valence-electron chi connectivity index (χ2n) is 4.19. The summed E-state index contributed by atoms with van der Waals surface area (Å²) in [4.78, 5) is 30.0. The first kappa shape index (κ1) is 13.1. The van der Waals surface area contributed by atoms with E-state index in [1.54, 1.807) is 4.57 Å². The van der Waals surface area contributed by atoms with Crippen molar-refractivity contribution < 1.29 is 4.79 Å². The van der Waals surface area contributed by atoms with Gasteiger partial charge in [-0.15, -0.1) is 0 Å². The molecule has 5 nitrogen and oxygen atoms in total. The molecule has 1 aliphatic heterocycles. The zero-order valence-corrected chi connectivity index (χ0v) is 11.4. The van der Waals surface area contributed by atoms with E-state index in [4.69, 9.17) is 0 Å². The number of carbonyl (C=O) groups is 1. The number of nitrogens with zero attached hydrogens (tertiary/aromatic N) is 3. The maximum atomic E-state index is 12.3. The Bertz CT molecular complexity index is 496. The Morgan fingerprint density at radius 2 is 2.28 bits per heavy atom. The largest absolute Gasteiger partial charge is 0.343 e. The number of fused-ring (bicyclic) bond motifs is 1. The fourth-order valence-electron chi connectivity index (χ4n) is 2.09. The first-order chi connectivity index (χ1) is 8.67. The van der Waals surface area contributed by atoms with Crippen molar-refractivity contribution >= 4 is 17.7 Å². The van der Waals surface area contributed by atoms with Gasteiger partial charge in [-0.3, -0.25) is 14.2 Å². The molecule has 0 aliphatic carbocycles. The lowest BCUT2D eigenvalue weighted by atomic mass is 10.1. The Hall–Kier alpha value is -1.30. The second kappa shape index (κ2) is 5.56. The predicted molar refractivity (Wildman–Crippen MR) is 70.6 cm³/mol. The summed E-state index contributed by atoms with van der Waals surface area (Å²) in [6.45, 7) is 5.82. The number of aromatic nitrogens is 2. The smallest absolute Gasteiger partial charge is 0.254 e. The standard InChI is InChI=1S/C12H17N3O2S/c1-3-14(4-2)11(17)9-7-15-10(16)5-6-13-12(15)18-8-9/h5-6,9H,3-4,7-8H2,1-2H3. The van der Waals surface area contributed by atoms with Gasteiger partial charge in [0.25, 0.3) is 5.56 Å². The number of thioether (sulfide) groups is 1. The number of hydrogen-bond acceptors (Lipinski definition) is 4. The van der Waals surface area contributed by atoms with Gasteiger partial charge in [-0.05, 0) is 13.8 Å². The first-order valence-corrected chi connectivity index (χ1v) is 7.13. The minimum absolute atomic E-state index is 0.0791. The van der Waals surface area contributed by atoms with Crippen LogP contribution >= 0.6 is 11.8 Å². The average Bonchev–Trinajstić information content (AvgIpc) is 2.40. The maximum Gasteiger partial charge on any atom is 0.254 e. The summed E-state index contributed by atoms with van der Waals surface area (Å²) < 4.78 is 1.60. The van der Waals surface area contributed by atoms with Crippen molar-refractivity contribution in [3.8, 4) is 0 Å². The lowest BCUT2D eigenvalue weighted by Gasteiger charge is -2.28. The van der Waals surface area contributed by atoms with Crippen molar-refractivity contribution in [2.45, 2.75) is 25.5 Å². The molecule has 18 heavy (non-hydrogen) atoms. The topological polar surface area (TPSA) is 55.2 Å². The fraction of sp³-hybridized carbons (Fsp3) is 0.583. The molecule has 0 bridgehead atoms. The van der Waals surface area contributed by atoms with Gasteiger partial charge in [0.05, 0.1) is 5.92 Å². The molecule has 2 rings (SSSR count). The van der Waals surface area contributed by atoms with Crippen molar-refractivity contribution in [2.75, 3.05) is 18.8 Å². The summed E-state index contributed by atoms with van der Waals surface area (Å²) in [5, 5.41) is 0.714. The van der Waals surface area contributed by atoms with E-state index in [1.165, 1.54) is 24.0 Å². The molecule has 0 radical (unpaired) electrons. The van der Waals surface area contributed by atoms with Crippen molar-refractivity contribution in [1.29, 1.82) is 0 Å². The third-order valence-electron chi connectivity index (χ3n) is 3.14. The zero-order chi connectivity index (χ0) is 13.1. The van der Waals surface area contributed by atoms with Crippen LogP contribution in [0.2, 0.25) is 0 Å². The van der Waals surface area contributed by atoms with E-state index in [2.05, 4.69) is 4.98 Å². The normalized spacial score (nSPS) is 18.2. The van der Waals surface area contributed by atoms with Gasteiger partial charge in [0.15, 0.2) is 5.16 Å². The van der Waals surface area contributed by atoms with E-state index in [-0.39, 0.29) is 17.4 Å². The molecule has 0 fully saturated rings. The van der Waals surface area contributed by atoms with Crippen LogP contribution in [0.5, 0.6) is 0 Å². The van der Waals surface area contributed by atoms with Crippen molar-refractivity contribution in [3.63, 3.8) is 0 Å². The summed E-state index contributed by atoms with van der Waals surface area (Å²) in [7, 11) is 0. The molecule has 6 heteroatoms. The molecule has 0 aromatic carbocycles. The van der Waals surface area contributed by atoms with Crippen LogP contribution in [0, 0.1) is 5.92 Å². The molecule has 1 unspecified atom stereocenters. The number of amides is 1. The highest BCUT2D eigenvalue weighted by Crippen LogP contribution is 2.25. The average molecular weight is 267 g/mol. The van der Waals surface area contributed by atoms with Crippen LogP contribution in [0.3, 0.4) is 0 Å². The predicted octanol–water partition coefficient (Wildman–Crippen LogP) is 0.834. The van der Waals surface area contributed by atoms with Crippen LogP contribution in [0.1, 0.15) is 13.8 Å². The molecule has 0 saturated carbocycles. The molecule has 1 amide bonds. The van der Waals surface area contributed by atoms with Gasteiger partial charge in [-0.25, -0.2) is 4.98 Å². The molecule has 1 aromatic rings. The van der Waals surface area contributed by atoms with Crippen molar-refractivity contribution in [1.82, 2.24) is 14.5 Å². The highest BCUT2D eigenvalue weighted by atomic mass is 32.2. The Labute approximate surface area is 110 Å². The molecule has 0 N–H and O–H groups in total. The summed E-state index contributed by atoms with van der Waals surface area (Å²) in [6.07, 6.45) is 1.52. The number of hydrogen-bond donors (Lipinski definition) is 0. The number of carbonyl (C=O) groups excluding carboxylic acids is 1. The SMILES string of the molecule is CCN(CC)C(=O)C1CSc2nccc(=O)n2C1. The Morgan fingerprint density at radius 3 is 2.94 bits per heavy atom. The third-order valence-corrected chi connectivity index (χ3v) is 4.29. The molecular formula is C12H17N3O2S. The van der Waals surface area contributed by atoms with E-state index in [0.717, 1.165) is 0 Å². The molecule has 1 aliphatic rings. The van der Waals surface area contributed by atoms with Gasteiger partial charge in [0, 0.05) is 37.7 Å². The maximum absolute atomic E-state index is 12.3. The van der Waals surface area contributed by atoms with Crippen molar-refractivity contribution in [2.24, 2.45) is 5.92 Å². The Morgan fingerprint density at radius 1 is 1.56 bits per heavy atom.